The average molecular weight is 341 g/mol. The van der Waals surface area contributed by atoms with Gasteiger partial charge in [-0.25, -0.2) is 0 Å². The average Bonchev–Trinajstić information content (AvgIpc) is 2.93. The second-order valence-electron chi connectivity index (χ2n) is 5.74. The molecule has 3 rings (SSSR count). The zero-order chi connectivity index (χ0) is 16.8. The molecule has 2 N–H and O–H groups in total. The number of aliphatic hydroxyl groups is 1. The summed E-state index contributed by atoms with van der Waals surface area (Å²) in [5.74, 6) is -0.951. The molecule has 3 heterocycles. The van der Waals surface area contributed by atoms with Crippen molar-refractivity contribution in [2.45, 2.75) is 43.8 Å². The third kappa shape index (κ3) is 2.57. The summed E-state index contributed by atoms with van der Waals surface area (Å²) in [6.45, 7) is 2.81. The van der Waals surface area contributed by atoms with Crippen molar-refractivity contribution in [2.75, 3.05) is 6.61 Å². The Bertz CT molecular complexity index is 785. The number of nitrogens with one attached hydrogen (secondary N) is 1. The molecule has 1 aromatic rings. The summed E-state index contributed by atoms with van der Waals surface area (Å²) in [5, 5.41) is 13.3. The first-order chi connectivity index (χ1) is 10.8. The SMILES string of the molecule is CC1(C)O[C@H]2[C@H](n3ccc(=O)[nH]c3=S)O[C@@](CO)(N=[N+]=[N-])[C@H]2O1. The van der Waals surface area contributed by atoms with Crippen molar-refractivity contribution in [3.8, 4) is 0 Å². The van der Waals surface area contributed by atoms with Crippen molar-refractivity contribution in [1.29, 1.82) is 0 Å². The number of aromatic nitrogens is 2. The van der Waals surface area contributed by atoms with Crippen LogP contribution in [0.2, 0.25) is 0 Å². The summed E-state index contributed by atoms with van der Waals surface area (Å²) in [6.07, 6.45) is -0.887. The summed E-state index contributed by atoms with van der Waals surface area (Å²) in [4.78, 5) is 16.6. The van der Waals surface area contributed by atoms with E-state index in [2.05, 4.69) is 15.0 Å². The highest BCUT2D eigenvalue weighted by Gasteiger charge is 2.63. The summed E-state index contributed by atoms with van der Waals surface area (Å²) < 4.78 is 18.9. The molecule has 4 atom stereocenters. The van der Waals surface area contributed by atoms with Crippen LogP contribution in [0.3, 0.4) is 0 Å². The Kier molecular flexibility index (Phi) is 3.79. The van der Waals surface area contributed by atoms with Crippen LogP contribution in [-0.2, 0) is 14.2 Å². The van der Waals surface area contributed by atoms with E-state index in [0.717, 1.165) is 0 Å². The van der Waals surface area contributed by atoms with Crippen LogP contribution >= 0.6 is 12.2 Å². The number of hydrogen-bond acceptors (Lipinski definition) is 7. The smallest absolute Gasteiger partial charge is 0.251 e. The standard InChI is InChI=1S/C12H15N5O5S/c1-11(2)20-7-8(21-11)12(5-18,15-16-13)22-9(7)17-4-3-6(19)14-10(17)23/h3-4,7-9,18H,5H2,1-2H3,(H,14,19,23)/t7-,8+,9-,12-/m1/s1. The van der Waals surface area contributed by atoms with Crippen molar-refractivity contribution < 1.29 is 19.3 Å². The Hall–Kier alpha value is -1.75. The fourth-order valence-electron chi connectivity index (χ4n) is 2.85. The van der Waals surface area contributed by atoms with Crippen molar-refractivity contribution >= 4 is 12.2 Å². The second-order valence-corrected chi connectivity index (χ2v) is 6.13. The highest BCUT2D eigenvalue weighted by atomic mass is 32.1. The number of aliphatic hydroxyl groups excluding tert-OH is 1. The predicted molar refractivity (Wildman–Crippen MR) is 78.8 cm³/mol. The first-order valence-corrected chi connectivity index (χ1v) is 7.25. The Balaban J connectivity index is 2.10. The van der Waals surface area contributed by atoms with Crippen LogP contribution in [0.1, 0.15) is 20.1 Å². The molecule has 0 bridgehead atoms. The molecule has 0 spiro atoms. The molecule has 0 amide bonds. The minimum atomic E-state index is -1.64. The Labute approximate surface area is 135 Å². The van der Waals surface area contributed by atoms with Crippen molar-refractivity contribution in [1.82, 2.24) is 9.55 Å². The number of ether oxygens (including phenoxy) is 3. The van der Waals surface area contributed by atoms with Gasteiger partial charge in [0.1, 0.15) is 12.2 Å². The molecule has 2 saturated heterocycles. The minimum Gasteiger partial charge on any atom is -0.393 e. The number of azide groups is 1. The van der Waals surface area contributed by atoms with Crippen molar-refractivity contribution in [3.05, 3.63) is 37.8 Å². The topological polar surface area (TPSA) is 134 Å². The molecule has 0 aliphatic carbocycles. The van der Waals surface area contributed by atoms with Gasteiger partial charge < -0.3 is 19.3 Å². The Morgan fingerprint density at radius 3 is 2.87 bits per heavy atom. The third-order valence-electron chi connectivity index (χ3n) is 3.75. The van der Waals surface area contributed by atoms with E-state index in [1.54, 1.807) is 13.8 Å². The van der Waals surface area contributed by atoms with Gasteiger partial charge in [0.25, 0.3) is 5.56 Å². The van der Waals surface area contributed by atoms with Crippen LogP contribution in [-0.4, -0.2) is 45.0 Å². The minimum absolute atomic E-state index is 0.115. The van der Waals surface area contributed by atoms with Crippen LogP contribution in [0, 0.1) is 4.77 Å². The lowest BCUT2D eigenvalue weighted by Crippen LogP contribution is -2.44. The molecule has 0 saturated carbocycles. The molecule has 0 radical (unpaired) electrons. The lowest BCUT2D eigenvalue weighted by molar-refractivity contribution is -0.225. The van der Waals surface area contributed by atoms with Gasteiger partial charge in [-0.15, -0.1) is 0 Å². The number of nitrogens with zero attached hydrogens (tertiary/aromatic N) is 4. The van der Waals surface area contributed by atoms with E-state index in [-0.39, 0.29) is 10.3 Å². The number of fused-ring (bicyclic) bond motifs is 1. The lowest BCUT2D eigenvalue weighted by atomic mass is 10.1. The van der Waals surface area contributed by atoms with Gasteiger partial charge in [-0.1, -0.05) is 5.11 Å². The van der Waals surface area contributed by atoms with E-state index in [1.807, 2.05) is 0 Å². The molecule has 1 aromatic heterocycles. The zero-order valence-electron chi connectivity index (χ0n) is 12.4. The lowest BCUT2D eigenvalue weighted by Gasteiger charge is -2.29. The first-order valence-electron chi connectivity index (χ1n) is 6.84. The van der Waals surface area contributed by atoms with Crippen molar-refractivity contribution in [2.24, 2.45) is 5.11 Å². The van der Waals surface area contributed by atoms with Crippen LogP contribution < -0.4 is 5.56 Å². The summed E-state index contributed by atoms with van der Waals surface area (Å²) in [6, 6.07) is 1.28. The van der Waals surface area contributed by atoms with E-state index in [4.69, 9.17) is 32.0 Å². The van der Waals surface area contributed by atoms with Crippen molar-refractivity contribution in [3.63, 3.8) is 0 Å². The molecule has 0 aromatic carbocycles. The van der Waals surface area contributed by atoms with E-state index in [9.17, 15) is 9.90 Å². The largest absolute Gasteiger partial charge is 0.393 e. The normalized spacial score (nSPS) is 34.8. The van der Waals surface area contributed by atoms with Crippen LogP contribution in [0.5, 0.6) is 0 Å². The molecule has 2 aliphatic rings. The molecule has 0 unspecified atom stereocenters. The highest BCUT2D eigenvalue weighted by Crippen LogP contribution is 2.48. The quantitative estimate of drug-likeness (QED) is 0.364. The molecule has 10 nitrogen and oxygen atoms in total. The van der Waals surface area contributed by atoms with Gasteiger partial charge in [0.15, 0.2) is 16.8 Å². The Morgan fingerprint density at radius 1 is 1.52 bits per heavy atom. The molecular formula is C12H15N5O5S. The van der Waals surface area contributed by atoms with Gasteiger partial charge in [-0.3, -0.25) is 14.3 Å². The first kappa shape index (κ1) is 16.1. The number of rotatable bonds is 3. The van der Waals surface area contributed by atoms with Gasteiger partial charge in [0.2, 0.25) is 5.72 Å². The zero-order valence-corrected chi connectivity index (χ0v) is 13.2. The summed E-state index contributed by atoms with van der Waals surface area (Å²) in [7, 11) is 0. The predicted octanol–water partition coefficient (Wildman–Crippen LogP) is 0.954. The van der Waals surface area contributed by atoms with Gasteiger partial charge in [0.05, 0.1) is 6.61 Å². The van der Waals surface area contributed by atoms with E-state index in [1.165, 1.54) is 16.8 Å². The molecule has 2 aliphatic heterocycles. The molecular weight excluding hydrogens is 326 g/mol. The monoisotopic (exact) mass is 341 g/mol. The van der Waals surface area contributed by atoms with Gasteiger partial charge in [-0.05, 0) is 31.6 Å². The molecule has 11 heteroatoms. The molecule has 23 heavy (non-hydrogen) atoms. The summed E-state index contributed by atoms with van der Waals surface area (Å²) >= 11 is 5.13. The maximum Gasteiger partial charge on any atom is 0.251 e. The van der Waals surface area contributed by atoms with Crippen LogP contribution in [0.15, 0.2) is 22.2 Å². The number of aromatic amines is 1. The maximum atomic E-state index is 11.3. The molecule has 2 fully saturated rings. The van der Waals surface area contributed by atoms with Gasteiger partial charge in [0, 0.05) is 17.2 Å². The van der Waals surface area contributed by atoms with Gasteiger partial charge in [-0.2, -0.15) is 0 Å². The van der Waals surface area contributed by atoms with E-state index >= 15 is 0 Å². The van der Waals surface area contributed by atoms with E-state index < -0.39 is 36.6 Å². The summed E-state index contributed by atoms with van der Waals surface area (Å²) in [5.41, 5.74) is 6.83. The van der Waals surface area contributed by atoms with Crippen LogP contribution in [0.4, 0.5) is 0 Å². The maximum absolute atomic E-state index is 11.3. The van der Waals surface area contributed by atoms with E-state index in [0.29, 0.717) is 0 Å². The number of hydrogen-bond donors (Lipinski definition) is 2. The fourth-order valence-corrected chi connectivity index (χ4v) is 3.11. The second kappa shape index (κ2) is 5.41. The highest BCUT2D eigenvalue weighted by molar-refractivity contribution is 7.71. The van der Waals surface area contributed by atoms with Gasteiger partial charge >= 0.3 is 0 Å². The Morgan fingerprint density at radius 2 is 2.26 bits per heavy atom. The number of H-pyrrole nitrogens is 1. The third-order valence-corrected chi connectivity index (χ3v) is 4.06. The fraction of sp³-hybridized carbons (Fsp3) is 0.667. The van der Waals surface area contributed by atoms with Crippen LogP contribution in [0.25, 0.3) is 10.4 Å². The molecule has 124 valence electrons.